The molecule has 4 heteroatoms. The van der Waals surface area contributed by atoms with Crippen molar-refractivity contribution in [3.63, 3.8) is 0 Å². The van der Waals surface area contributed by atoms with Crippen LogP contribution in [0.2, 0.25) is 0 Å². The normalized spacial score (nSPS) is 23.9. The summed E-state index contributed by atoms with van der Waals surface area (Å²) in [6.45, 7) is 3.15. The Labute approximate surface area is 97.1 Å². The van der Waals surface area contributed by atoms with Crippen molar-refractivity contribution in [2.75, 3.05) is 19.0 Å². The standard InChI is InChI=1S/C12H20N4/c1-9-6-11(7-9)14-8-10-4-5-13-12(15-10)16(2)3/h4-5,9,11,14H,6-8H2,1-3H3. The van der Waals surface area contributed by atoms with E-state index in [0.29, 0.717) is 6.04 Å². The van der Waals surface area contributed by atoms with Crippen LogP contribution in [0.5, 0.6) is 0 Å². The highest BCUT2D eigenvalue weighted by atomic mass is 15.2. The Kier molecular flexibility index (Phi) is 3.39. The van der Waals surface area contributed by atoms with Crippen LogP contribution in [-0.2, 0) is 6.54 Å². The maximum Gasteiger partial charge on any atom is 0.225 e. The number of aromatic nitrogens is 2. The average molecular weight is 220 g/mol. The lowest BCUT2D eigenvalue weighted by Crippen LogP contribution is -2.39. The van der Waals surface area contributed by atoms with E-state index in [1.807, 2.05) is 31.3 Å². The maximum atomic E-state index is 4.47. The Hall–Kier alpha value is -1.16. The van der Waals surface area contributed by atoms with Gasteiger partial charge in [0.05, 0.1) is 5.69 Å². The van der Waals surface area contributed by atoms with Gasteiger partial charge in [-0.2, -0.15) is 0 Å². The first-order valence-corrected chi connectivity index (χ1v) is 5.88. The third kappa shape index (κ3) is 2.70. The monoisotopic (exact) mass is 220 g/mol. The lowest BCUT2D eigenvalue weighted by molar-refractivity contribution is 0.239. The largest absolute Gasteiger partial charge is 0.347 e. The van der Waals surface area contributed by atoms with Crippen molar-refractivity contribution in [2.24, 2.45) is 5.92 Å². The number of nitrogens with one attached hydrogen (secondary N) is 1. The maximum absolute atomic E-state index is 4.47. The lowest BCUT2D eigenvalue weighted by Gasteiger charge is -2.33. The minimum absolute atomic E-state index is 0.688. The summed E-state index contributed by atoms with van der Waals surface area (Å²) in [5, 5.41) is 3.52. The Balaban J connectivity index is 1.86. The second-order valence-electron chi connectivity index (χ2n) is 4.90. The number of rotatable bonds is 4. The molecule has 0 aromatic carbocycles. The second kappa shape index (κ2) is 4.78. The molecule has 1 aliphatic rings. The molecule has 0 radical (unpaired) electrons. The molecule has 1 aromatic rings. The summed E-state index contributed by atoms with van der Waals surface area (Å²) in [6, 6.07) is 2.66. The molecular formula is C12H20N4. The Morgan fingerprint density at radius 2 is 2.19 bits per heavy atom. The molecule has 1 aromatic heterocycles. The lowest BCUT2D eigenvalue weighted by atomic mass is 9.82. The molecule has 1 saturated carbocycles. The summed E-state index contributed by atoms with van der Waals surface area (Å²) in [5.74, 6) is 1.67. The van der Waals surface area contributed by atoms with Gasteiger partial charge in [-0.3, -0.25) is 0 Å². The van der Waals surface area contributed by atoms with E-state index in [0.717, 1.165) is 24.1 Å². The van der Waals surface area contributed by atoms with Gasteiger partial charge in [0, 0.05) is 32.9 Å². The van der Waals surface area contributed by atoms with E-state index in [-0.39, 0.29) is 0 Å². The van der Waals surface area contributed by atoms with Crippen LogP contribution in [0.3, 0.4) is 0 Å². The average Bonchev–Trinajstić information content (AvgIpc) is 2.23. The van der Waals surface area contributed by atoms with Gasteiger partial charge in [0.1, 0.15) is 0 Å². The van der Waals surface area contributed by atoms with Crippen molar-refractivity contribution in [1.29, 1.82) is 0 Å². The summed E-state index contributed by atoms with van der Waals surface area (Å²) in [6.07, 6.45) is 4.42. The van der Waals surface area contributed by atoms with Crippen LogP contribution in [0.25, 0.3) is 0 Å². The number of anilines is 1. The van der Waals surface area contributed by atoms with Gasteiger partial charge in [0.25, 0.3) is 0 Å². The van der Waals surface area contributed by atoms with E-state index in [9.17, 15) is 0 Å². The van der Waals surface area contributed by atoms with Gasteiger partial charge in [-0.05, 0) is 24.8 Å². The topological polar surface area (TPSA) is 41.1 Å². The molecule has 1 N–H and O–H groups in total. The minimum atomic E-state index is 0.688. The fourth-order valence-corrected chi connectivity index (χ4v) is 2.02. The van der Waals surface area contributed by atoms with Gasteiger partial charge in [-0.25, -0.2) is 9.97 Å². The summed E-state index contributed by atoms with van der Waals surface area (Å²) in [5.41, 5.74) is 1.07. The number of nitrogens with zero attached hydrogens (tertiary/aromatic N) is 3. The highest BCUT2D eigenvalue weighted by Crippen LogP contribution is 2.26. The van der Waals surface area contributed by atoms with Crippen LogP contribution in [0, 0.1) is 5.92 Å². The van der Waals surface area contributed by atoms with Gasteiger partial charge in [0.2, 0.25) is 5.95 Å². The van der Waals surface area contributed by atoms with Crippen LogP contribution < -0.4 is 10.2 Å². The van der Waals surface area contributed by atoms with Crippen molar-refractivity contribution in [1.82, 2.24) is 15.3 Å². The van der Waals surface area contributed by atoms with E-state index in [2.05, 4.69) is 22.2 Å². The van der Waals surface area contributed by atoms with E-state index in [4.69, 9.17) is 0 Å². The predicted octanol–water partition coefficient (Wildman–Crippen LogP) is 1.43. The van der Waals surface area contributed by atoms with E-state index in [1.54, 1.807) is 0 Å². The van der Waals surface area contributed by atoms with Gasteiger partial charge in [0.15, 0.2) is 0 Å². The van der Waals surface area contributed by atoms with Crippen molar-refractivity contribution < 1.29 is 0 Å². The molecule has 88 valence electrons. The zero-order valence-electron chi connectivity index (χ0n) is 10.3. The van der Waals surface area contributed by atoms with Crippen molar-refractivity contribution >= 4 is 5.95 Å². The predicted molar refractivity (Wildman–Crippen MR) is 65.4 cm³/mol. The Bertz CT molecular complexity index is 345. The van der Waals surface area contributed by atoms with Crippen molar-refractivity contribution in [3.05, 3.63) is 18.0 Å². The fourth-order valence-electron chi connectivity index (χ4n) is 2.02. The Morgan fingerprint density at radius 3 is 2.81 bits per heavy atom. The smallest absolute Gasteiger partial charge is 0.225 e. The molecule has 0 unspecified atom stereocenters. The molecule has 0 saturated heterocycles. The molecule has 0 aliphatic heterocycles. The third-order valence-corrected chi connectivity index (χ3v) is 3.05. The van der Waals surface area contributed by atoms with Crippen LogP contribution in [0.4, 0.5) is 5.95 Å². The van der Waals surface area contributed by atoms with Gasteiger partial charge in [-0.1, -0.05) is 6.92 Å². The Morgan fingerprint density at radius 1 is 1.44 bits per heavy atom. The van der Waals surface area contributed by atoms with Crippen LogP contribution in [-0.4, -0.2) is 30.1 Å². The van der Waals surface area contributed by atoms with Gasteiger partial charge in [-0.15, -0.1) is 0 Å². The summed E-state index contributed by atoms with van der Waals surface area (Å²) in [4.78, 5) is 10.6. The van der Waals surface area contributed by atoms with E-state index >= 15 is 0 Å². The summed E-state index contributed by atoms with van der Waals surface area (Å²) in [7, 11) is 3.92. The van der Waals surface area contributed by atoms with Crippen LogP contribution >= 0.6 is 0 Å². The molecule has 1 aliphatic carbocycles. The van der Waals surface area contributed by atoms with Gasteiger partial charge >= 0.3 is 0 Å². The summed E-state index contributed by atoms with van der Waals surface area (Å²) < 4.78 is 0. The second-order valence-corrected chi connectivity index (χ2v) is 4.90. The fraction of sp³-hybridized carbons (Fsp3) is 0.667. The molecule has 16 heavy (non-hydrogen) atoms. The van der Waals surface area contributed by atoms with E-state index < -0.39 is 0 Å². The molecule has 0 bridgehead atoms. The first-order valence-electron chi connectivity index (χ1n) is 5.88. The SMILES string of the molecule is CC1CC(NCc2ccnc(N(C)C)n2)C1. The minimum Gasteiger partial charge on any atom is -0.347 e. The first-order chi connectivity index (χ1) is 7.65. The van der Waals surface area contributed by atoms with E-state index in [1.165, 1.54) is 12.8 Å². The molecule has 4 nitrogen and oxygen atoms in total. The molecule has 1 heterocycles. The number of hydrogen-bond acceptors (Lipinski definition) is 4. The highest BCUT2D eigenvalue weighted by molar-refractivity contribution is 5.27. The van der Waals surface area contributed by atoms with Gasteiger partial charge < -0.3 is 10.2 Å². The molecular weight excluding hydrogens is 200 g/mol. The molecule has 2 rings (SSSR count). The van der Waals surface area contributed by atoms with Crippen molar-refractivity contribution in [3.8, 4) is 0 Å². The molecule has 1 fully saturated rings. The summed E-state index contributed by atoms with van der Waals surface area (Å²) >= 11 is 0. The zero-order valence-corrected chi connectivity index (χ0v) is 10.3. The van der Waals surface area contributed by atoms with Crippen molar-refractivity contribution in [2.45, 2.75) is 32.4 Å². The molecule has 0 spiro atoms. The quantitative estimate of drug-likeness (QED) is 0.833. The highest BCUT2D eigenvalue weighted by Gasteiger charge is 2.24. The molecule has 0 atom stereocenters. The third-order valence-electron chi connectivity index (χ3n) is 3.05. The first kappa shape index (κ1) is 11.3. The number of hydrogen-bond donors (Lipinski definition) is 1. The van der Waals surface area contributed by atoms with Crippen LogP contribution in [0.1, 0.15) is 25.5 Å². The molecule has 0 amide bonds. The van der Waals surface area contributed by atoms with Crippen LogP contribution in [0.15, 0.2) is 12.3 Å². The zero-order chi connectivity index (χ0) is 11.5.